The Kier molecular flexibility index (Phi) is 5.75. The van der Waals surface area contributed by atoms with Gasteiger partial charge in [-0.3, -0.25) is 14.4 Å². The standard InChI is InChI=1S/C22H21N3O3/c1-3-12-23-22(28)18-6-4-5-7-19(18)24-21(27)16-13-20(26)25(14-16)17-10-8-15(2)9-11-17/h1,4-11,16H,12-14H2,2H3,(H,23,28)(H,24,27). The minimum atomic E-state index is -0.490. The zero-order chi connectivity index (χ0) is 20.1. The molecule has 1 unspecified atom stereocenters. The Morgan fingerprint density at radius 3 is 2.61 bits per heavy atom. The molecule has 1 heterocycles. The average molecular weight is 375 g/mol. The molecule has 0 saturated carbocycles. The monoisotopic (exact) mass is 375 g/mol. The van der Waals surface area contributed by atoms with Crippen LogP contribution in [0.25, 0.3) is 0 Å². The molecule has 0 aromatic heterocycles. The van der Waals surface area contributed by atoms with Gasteiger partial charge in [0, 0.05) is 18.7 Å². The van der Waals surface area contributed by atoms with Crippen molar-refractivity contribution in [3.63, 3.8) is 0 Å². The van der Waals surface area contributed by atoms with E-state index in [-0.39, 0.29) is 30.7 Å². The smallest absolute Gasteiger partial charge is 0.254 e. The predicted molar refractivity (Wildman–Crippen MR) is 108 cm³/mol. The van der Waals surface area contributed by atoms with Crippen molar-refractivity contribution in [2.75, 3.05) is 23.3 Å². The molecule has 28 heavy (non-hydrogen) atoms. The van der Waals surface area contributed by atoms with E-state index >= 15 is 0 Å². The predicted octanol–water partition coefficient (Wildman–Crippen LogP) is 2.35. The molecule has 1 saturated heterocycles. The van der Waals surface area contributed by atoms with E-state index < -0.39 is 5.92 Å². The van der Waals surface area contributed by atoms with Gasteiger partial charge in [0.05, 0.1) is 23.7 Å². The molecule has 6 nitrogen and oxygen atoms in total. The number of nitrogens with zero attached hydrogens (tertiary/aromatic N) is 1. The van der Waals surface area contributed by atoms with Crippen molar-refractivity contribution in [1.82, 2.24) is 5.32 Å². The van der Waals surface area contributed by atoms with Gasteiger partial charge in [0.1, 0.15) is 0 Å². The molecule has 2 aromatic carbocycles. The highest BCUT2D eigenvalue weighted by molar-refractivity contribution is 6.07. The highest BCUT2D eigenvalue weighted by atomic mass is 16.2. The highest BCUT2D eigenvalue weighted by Gasteiger charge is 2.35. The maximum absolute atomic E-state index is 12.7. The van der Waals surface area contributed by atoms with Crippen LogP contribution in [0.15, 0.2) is 48.5 Å². The quantitative estimate of drug-likeness (QED) is 0.788. The fourth-order valence-corrected chi connectivity index (χ4v) is 3.11. The number of hydrogen-bond donors (Lipinski definition) is 2. The van der Waals surface area contributed by atoms with Crippen LogP contribution in [0.1, 0.15) is 22.3 Å². The minimum absolute atomic E-state index is 0.0935. The van der Waals surface area contributed by atoms with Crippen molar-refractivity contribution in [2.24, 2.45) is 5.92 Å². The lowest BCUT2D eigenvalue weighted by atomic mass is 10.1. The molecule has 1 aliphatic heterocycles. The van der Waals surface area contributed by atoms with Gasteiger partial charge in [0.2, 0.25) is 11.8 Å². The van der Waals surface area contributed by atoms with E-state index in [9.17, 15) is 14.4 Å². The fraction of sp³-hybridized carbons (Fsp3) is 0.227. The van der Waals surface area contributed by atoms with Crippen molar-refractivity contribution in [2.45, 2.75) is 13.3 Å². The molecule has 0 aliphatic carbocycles. The van der Waals surface area contributed by atoms with Gasteiger partial charge in [-0.15, -0.1) is 6.42 Å². The Bertz CT molecular complexity index is 944. The largest absolute Gasteiger partial charge is 0.341 e. The van der Waals surface area contributed by atoms with Crippen molar-refractivity contribution in [3.05, 3.63) is 59.7 Å². The number of anilines is 2. The summed E-state index contributed by atoms with van der Waals surface area (Å²) in [6, 6.07) is 14.3. The summed E-state index contributed by atoms with van der Waals surface area (Å²) in [5, 5.41) is 5.36. The highest BCUT2D eigenvalue weighted by Crippen LogP contribution is 2.27. The number of hydrogen-bond acceptors (Lipinski definition) is 3. The van der Waals surface area contributed by atoms with E-state index in [1.807, 2.05) is 31.2 Å². The number of aryl methyl sites for hydroxylation is 1. The summed E-state index contributed by atoms with van der Waals surface area (Å²) >= 11 is 0. The van der Waals surface area contributed by atoms with E-state index in [2.05, 4.69) is 16.6 Å². The summed E-state index contributed by atoms with van der Waals surface area (Å²) in [6.07, 6.45) is 5.30. The molecule has 2 aromatic rings. The van der Waals surface area contributed by atoms with Gasteiger partial charge in [0.25, 0.3) is 5.91 Å². The second-order valence-electron chi connectivity index (χ2n) is 6.66. The molecule has 1 aliphatic rings. The molecule has 0 spiro atoms. The summed E-state index contributed by atoms with van der Waals surface area (Å²) in [7, 11) is 0. The number of amides is 3. The van der Waals surface area contributed by atoms with Crippen LogP contribution in [-0.2, 0) is 9.59 Å². The second-order valence-corrected chi connectivity index (χ2v) is 6.66. The number of nitrogens with one attached hydrogen (secondary N) is 2. The van der Waals surface area contributed by atoms with Crippen LogP contribution < -0.4 is 15.5 Å². The Balaban J connectivity index is 1.71. The number of carbonyl (C=O) groups excluding carboxylic acids is 3. The first-order valence-corrected chi connectivity index (χ1v) is 8.98. The van der Waals surface area contributed by atoms with Gasteiger partial charge < -0.3 is 15.5 Å². The summed E-state index contributed by atoms with van der Waals surface area (Å²) < 4.78 is 0. The molecule has 0 radical (unpaired) electrons. The maximum atomic E-state index is 12.7. The van der Waals surface area contributed by atoms with Crippen LogP contribution in [0, 0.1) is 25.2 Å². The summed E-state index contributed by atoms with van der Waals surface area (Å²) in [5.41, 5.74) is 2.60. The van der Waals surface area contributed by atoms with Crippen molar-refractivity contribution >= 4 is 29.1 Å². The lowest BCUT2D eigenvalue weighted by Gasteiger charge is -2.17. The van der Waals surface area contributed by atoms with Crippen LogP contribution in [0.3, 0.4) is 0 Å². The zero-order valence-electron chi connectivity index (χ0n) is 15.6. The van der Waals surface area contributed by atoms with Gasteiger partial charge in [-0.25, -0.2) is 0 Å². The number of carbonyl (C=O) groups is 3. The fourth-order valence-electron chi connectivity index (χ4n) is 3.11. The van der Waals surface area contributed by atoms with Crippen LogP contribution in [0.5, 0.6) is 0 Å². The SMILES string of the molecule is C#CCNC(=O)c1ccccc1NC(=O)C1CC(=O)N(c2ccc(C)cc2)C1. The van der Waals surface area contributed by atoms with Crippen LogP contribution in [-0.4, -0.2) is 30.8 Å². The Labute approximate surface area is 163 Å². The van der Waals surface area contributed by atoms with Gasteiger partial charge in [0.15, 0.2) is 0 Å². The third-order valence-electron chi connectivity index (χ3n) is 4.62. The Morgan fingerprint density at radius 1 is 1.18 bits per heavy atom. The van der Waals surface area contributed by atoms with Crippen molar-refractivity contribution in [3.8, 4) is 12.3 Å². The first-order valence-electron chi connectivity index (χ1n) is 8.98. The first-order chi connectivity index (χ1) is 13.5. The van der Waals surface area contributed by atoms with E-state index in [4.69, 9.17) is 6.42 Å². The number of rotatable bonds is 5. The summed E-state index contributed by atoms with van der Waals surface area (Å²) in [6.45, 7) is 2.38. The third kappa shape index (κ3) is 4.21. The lowest BCUT2D eigenvalue weighted by molar-refractivity contribution is -0.122. The molecule has 3 rings (SSSR count). The number of terminal acetylenes is 1. The zero-order valence-corrected chi connectivity index (χ0v) is 15.6. The van der Waals surface area contributed by atoms with E-state index in [1.165, 1.54) is 0 Å². The first kappa shape index (κ1) is 19.2. The van der Waals surface area contributed by atoms with Gasteiger partial charge in [-0.2, -0.15) is 0 Å². The minimum Gasteiger partial charge on any atom is -0.341 e. The number of para-hydroxylation sites is 1. The van der Waals surface area contributed by atoms with Crippen molar-refractivity contribution in [1.29, 1.82) is 0 Å². The van der Waals surface area contributed by atoms with Gasteiger partial charge in [-0.1, -0.05) is 35.7 Å². The molecular formula is C22H21N3O3. The molecular weight excluding hydrogens is 354 g/mol. The van der Waals surface area contributed by atoms with E-state index in [0.29, 0.717) is 17.8 Å². The molecule has 142 valence electrons. The molecule has 6 heteroatoms. The molecule has 0 bridgehead atoms. The lowest BCUT2D eigenvalue weighted by Crippen LogP contribution is -2.29. The molecule has 3 amide bonds. The third-order valence-corrected chi connectivity index (χ3v) is 4.62. The van der Waals surface area contributed by atoms with Gasteiger partial charge >= 0.3 is 0 Å². The summed E-state index contributed by atoms with van der Waals surface area (Å²) in [4.78, 5) is 39.0. The topological polar surface area (TPSA) is 78.5 Å². The number of benzene rings is 2. The maximum Gasteiger partial charge on any atom is 0.254 e. The van der Waals surface area contributed by atoms with Crippen LogP contribution in [0.2, 0.25) is 0 Å². The average Bonchev–Trinajstić information content (AvgIpc) is 3.09. The molecule has 1 fully saturated rings. The second kappa shape index (κ2) is 8.40. The molecule has 1 atom stereocenters. The molecule has 2 N–H and O–H groups in total. The van der Waals surface area contributed by atoms with E-state index in [0.717, 1.165) is 11.3 Å². The Morgan fingerprint density at radius 2 is 1.89 bits per heavy atom. The van der Waals surface area contributed by atoms with Crippen LogP contribution in [0.4, 0.5) is 11.4 Å². The normalized spacial score (nSPS) is 15.8. The summed E-state index contributed by atoms with van der Waals surface area (Å²) in [5.74, 6) is 1.10. The van der Waals surface area contributed by atoms with E-state index in [1.54, 1.807) is 29.2 Å². The van der Waals surface area contributed by atoms with Gasteiger partial charge in [-0.05, 0) is 31.2 Å². The van der Waals surface area contributed by atoms with Crippen molar-refractivity contribution < 1.29 is 14.4 Å². The Hall–Kier alpha value is -3.59. The van der Waals surface area contributed by atoms with Crippen LogP contribution >= 0.6 is 0 Å².